The van der Waals surface area contributed by atoms with Crippen molar-refractivity contribution in [1.82, 2.24) is 9.97 Å². The van der Waals surface area contributed by atoms with E-state index in [1.165, 1.54) is 102 Å². The lowest BCUT2D eigenvalue weighted by Crippen LogP contribution is -2.13. The molecule has 1 fully saturated rings. The van der Waals surface area contributed by atoms with Gasteiger partial charge in [-0.15, -0.1) is 0 Å². The van der Waals surface area contributed by atoms with Crippen molar-refractivity contribution in [1.29, 1.82) is 5.26 Å². The normalized spacial score (nSPS) is 18.4. The SMILES string of the molecule is CCCCCCCCCCC[C@H]1CC[C@H](c2ccc(-c3ncc(C#N)c(F)n3)cc2)CC1. The number of nitrogens with zero attached hydrogens (tertiary/aromatic N) is 3. The van der Waals surface area contributed by atoms with Crippen LogP contribution in [0.5, 0.6) is 0 Å². The second kappa shape index (κ2) is 13.3. The maximum atomic E-state index is 13.8. The average molecular weight is 436 g/mol. The standard InChI is InChI=1S/C28H38FN3/c1-2-3-4-5-6-7-8-9-10-11-22-12-14-23(15-13-22)24-16-18-25(19-17-24)28-31-21-26(20-30)27(29)32-28/h16-19,21-23H,2-15H2,1H3/t22-,23-. The number of aromatic nitrogens is 2. The lowest BCUT2D eigenvalue weighted by atomic mass is 9.77. The largest absolute Gasteiger partial charge is 0.235 e. The van der Waals surface area contributed by atoms with Gasteiger partial charge in [0.1, 0.15) is 11.6 Å². The van der Waals surface area contributed by atoms with Crippen LogP contribution in [0.2, 0.25) is 0 Å². The van der Waals surface area contributed by atoms with Gasteiger partial charge in [-0.1, -0.05) is 95.4 Å². The highest BCUT2D eigenvalue weighted by atomic mass is 19.1. The Labute approximate surface area is 193 Å². The van der Waals surface area contributed by atoms with Crippen LogP contribution in [-0.4, -0.2) is 9.97 Å². The predicted molar refractivity (Wildman–Crippen MR) is 129 cm³/mol. The number of benzene rings is 1. The topological polar surface area (TPSA) is 49.6 Å². The van der Waals surface area contributed by atoms with Gasteiger partial charge in [0.2, 0.25) is 5.95 Å². The maximum absolute atomic E-state index is 13.8. The molecule has 1 aliphatic rings. The molecule has 0 radical (unpaired) electrons. The molecule has 0 atom stereocenters. The summed E-state index contributed by atoms with van der Waals surface area (Å²) in [6.45, 7) is 2.28. The lowest BCUT2D eigenvalue weighted by Gasteiger charge is -2.29. The Hall–Kier alpha value is -2.28. The third kappa shape index (κ3) is 7.40. The second-order valence-corrected chi connectivity index (χ2v) is 9.47. The minimum Gasteiger partial charge on any atom is -0.235 e. The molecular formula is C28H38FN3. The van der Waals surface area contributed by atoms with Crippen LogP contribution < -0.4 is 0 Å². The Bertz CT molecular complexity index is 848. The first-order valence-corrected chi connectivity index (χ1v) is 12.7. The number of hydrogen-bond acceptors (Lipinski definition) is 3. The van der Waals surface area contributed by atoms with Crippen LogP contribution in [0.3, 0.4) is 0 Å². The molecule has 0 amide bonds. The minimum absolute atomic E-state index is 0.121. The van der Waals surface area contributed by atoms with Gasteiger partial charge in [-0.05, 0) is 43.1 Å². The highest BCUT2D eigenvalue weighted by Gasteiger charge is 2.22. The van der Waals surface area contributed by atoms with Crippen LogP contribution in [0, 0.1) is 23.2 Å². The summed E-state index contributed by atoms with van der Waals surface area (Å²) < 4.78 is 13.8. The van der Waals surface area contributed by atoms with Gasteiger partial charge in [0, 0.05) is 5.56 Å². The highest BCUT2D eigenvalue weighted by Crippen LogP contribution is 2.38. The zero-order valence-electron chi connectivity index (χ0n) is 19.7. The molecule has 3 rings (SSSR count). The maximum Gasteiger partial charge on any atom is 0.234 e. The Morgan fingerprint density at radius 1 is 0.906 bits per heavy atom. The molecule has 3 nitrogen and oxygen atoms in total. The van der Waals surface area contributed by atoms with E-state index in [-0.39, 0.29) is 5.56 Å². The van der Waals surface area contributed by atoms with Gasteiger partial charge in [0.25, 0.3) is 0 Å². The van der Waals surface area contributed by atoms with Gasteiger partial charge < -0.3 is 0 Å². The second-order valence-electron chi connectivity index (χ2n) is 9.47. The molecule has 0 N–H and O–H groups in total. The van der Waals surface area contributed by atoms with E-state index in [4.69, 9.17) is 5.26 Å². The number of nitriles is 1. The van der Waals surface area contributed by atoms with Crippen LogP contribution in [0.15, 0.2) is 30.5 Å². The van der Waals surface area contributed by atoms with Crippen molar-refractivity contribution >= 4 is 0 Å². The summed E-state index contributed by atoms with van der Waals surface area (Å²) >= 11 is 0. The fourth-order valence-corrected chi connectivity index (χ4v) is 5.01. The molecule has 172 valence electrons. The van der Waals surface area contributed by atoms with Crippen LogP contribution in [0.25, 0.3) is 11.4 Å². The van der Waals surface area contributed by atoms with Crippen molar-refractivity contribution < 1.29 is 4.39 Å². The average Bonchev–Trinajstić information content (AvgIpc) is 2.83. The van der Waals surface area contributed by atoms with E-state index < -0.39 is 5.95 Å². The van der Waals surface area contributed by atoms with Gasteiger partial charge in [-0.25, -0.2) is 4.98 Å². The van der Waals surface area contributed by atoms with E-state index in [2.05, 4.69) is 29.0 Å². The molecule has 1 aliphatic carbocycles. The summed E-state index contributed by atoms with van der Waals surface area (Å²) in [4.78, 5) is 7.95. The van der Waals surface area contributed by atoms with E-state index in [1.807, 2.05) is 12.1 Å². The van der Waals surface area contributed by atoms with Gasteiger partial charge in [0.05, 0.1) is 6.20 Å². The quantitative estimate of drug-likeness (QED) is 0.248. The van der Waals surface area contributed by atoms with Crippen molar-refractivity contribution in [3.05, 3.63) is 47.5 Å². The smallest absolute Gasteiger partial charge is 0.234 e. The van der Waals surface area contributed by atoms with E-state index in [0.717, 1.165) is 11.5 Å². The Morgan fingerprint density at radius 2 is 1.53 bits per heavy atom. The third-order valence-electron chi connectivity index (χ3n) is 7.07. The summed E-state index contributed by atoms with van der Waals surface area (Å²) in [5.74, 6) is 1.11. The molecule has 0 spiro atoms. The van der Waals surface area contributed by atoms with E-state index in [1.54, 1.807) is 6.07 Å². The zero-order chi connectivity index (χ0) is 22.6. The van der Waals surface area contributed by atoms with Crippen LogP contribution in [-0.2, 0) is 0 Å². The molecular weight excluding hydrogens is 397 g/mol. The summed E-state index contributed by atoms with van der Waals surface area (Å²) in [5, 5.41) is 8.82. The first kappa shape index (κ1) is 24.4. The highest BCUT2D eigenvalue weighted by molar-refractivity contribution is 5.55. The summed E-state index contributed by atoms with van der Waals surface area (Å²) in [5.41, 5.74) is 2.03. The summed E-state index contributed by atoms with van der Waals surface area (Å²) in [7, 11) is 0. The zero-order valence-corrected chi connectivity index (χ0v) is 19.7. The molecule has 0 aliphatic heterocycles. The molecule has 1 saturated carbocycles. The molecule has 0 unspecified atom stereocenters. The fraction of sp³-hybridized carbons (Fsp3) is 0.607. The molecule has 1 aromatic heterocycles. The van der Waals surface area contributed by atoms with Gasteiger partial charge >= 0.3 is 0 Å². The first-order valence-electron chi connectivity index (χ1n) is 12.7. The van der Waals surface area contributed by atoms with Crippen molar-refractivity contribution in [2.24, 2.45) is 5.92 Å². The van der Waals surface area contributed by atoms with Crippen molar-refractivity contribution in [2.45, 2.75) is 103 Å². The van der Waals surface area contributed by atoms with Gasteiger partial charge in [0.15, 0.2) is 5.82 Å². The number of unbranched alkanes of at least 4 members (excludes halogenated alkanes) is 8. The predicted octanol–water partition coefficient (Wildman–Crippen LogP) is 8.35. The lowest BCUT2D eigenvalue weighted by molar-refractivity contribution is 0.302. The van der Waals surface area contributed by atoms with Crippen LogP contribution in [0.1, 0.15) is 114 Å². The molecule has 0 bridgehead atoms. The molecule has 32 heavy (non-hydrogen) atoms. The van der Waals surface area contributed by atoms with E-state index in [9.17, 15) is 4.39 Å². The first-order chi connectivity index (χ1) is 15.7. The van der Waals surface area contributed by atoms with Crippen LogP contribution in [0.4, 0.5) is 4.39 Å². The number of halogens is 1. The van der Waals surface area contributed by atoms with Gasteiger partial charge in [-0.3, -0.25) is 0 Å². The summed E-state index contributed by atoms with van der Waals surface area (Å²) in [6.07, 6.45) is 20.5. The molecule has 2 aromatic rings. The number of rotatable bonds is 12. The Kier molecular flexibility index (Phi) is 10.1. The molecule has 0 saturated heterocycles. The van der Waals surface area contributed by atoms with Crippen molar-refractivity contribution in [3.8, 4) is 17.5 Å². The summed E-state index contributed by atoms with van der Waals surface area (Å²) in [6, 6.07) is 9.99. The Balaban J connectivity index is 1.35. The van der Waals surface area contributed by atoms with Crippen molar-refractivity contribution in [3.63, 3.8) is 0 Å². The fourth-order valence-electron chi connectivity index (χ4n) is 5.01. The molecule has 1 aromatic carbocycles. The van der Waals surface area contributed by atoms with Crippen molar-refractivity contribution in [2.75, 3.05) is 0 Å². The van der Waals surface area contributed by atoms with E-state index in [0.29, 0.717) is 11.7 Å². The minimum atomic E-state index is -0.758. The number of hydrogen-bond donors (Lipinski definition) is 0. The van der Waals surface area contributed by atoms with Crippen LogP contribution >= 0.6 is 0 Å². The van der Waals surface area contributed by atoms with Gasteiger partial charge in [-0.2, -0.15) is 14.6 Å². The third-order valence-corrected chi connectivity index (χ3v) is 7.07. The monoisotopic (exact) mass is 435 g/mol. The molecule has 1 heterocycles. The molecule has 4 heteroatoms. The Morgan fingerprint density at radius 3 is 2.12 bits per heavy atom. The van der Waals surface area contributed by atoms with E-state index >= 15 is 0 Å².